The molecule has 0 saturated carbocycles. The van der Waals surface area contributed by atoms with Crippen LogP contribution in [-0.4, -0.2) is 65.9 Å². The Kier molecular flexibility index (Phi) is 8.24. The Morgan fingerprint density at radius 1 is 1.17 bits per heavy atom. The van der Waals surface area contributed by atoms with E-state index in [1.807, 2.05) is 0 Å². The number of rotatable bonds is 8. The number of anilines is 1. The topological polar surface area (TPSA) is 138 Å². The number of aromatic nitrogens is 3. The monoisotopic (exact) mass is 648 g/mol. The maximum Gasteiger partial charge on any atom is 0.573 e. The lowest BCUT2D eigenvalue weighted by molar-refractivity contribution is -0.274. The third kappa shape index (κ3) is 6.98. The second-order valence-electron chi connectivity index (χ2n) is 8.85. The summed E-state index contributed by atoms with van der Waals surface area (Å²) < 4.78 is 70.0. The first-order valence-corrected chi connectivity index (χ1v) is 15.5. The summed E-state index contributed by atoms with van der Waals surface area (Å²) in [6.07, 6.45) is -3.43. The molecule has 18 heteroatoms. The zero-order chi connectivity index (χ0) is 29.4. The van der Waals surface area contributed by atoms with Crippen molar-refractivity contribution in [3.8, 4) is 5.75 Å². The number of nitrogens with zero attached hydrogens (tertiary/aromatic N) is 4. The van der Waals surface area contributed by atoms with Crippen LogP contribution in [0.4, 0.5) is 18.3 Å². The lowest BCUT2D eigenvalue weighted by Gasteiger charge is -2.39. The first-order chi connectivity index (χ1) is 19.4. The number of benzene rings is 1. The van der Waals surface area contributed by atoms with Gasteiger partial charge in [-0.15, -0.1) is 24.5 Å². The largest absolute Gasteiger partial charge is 0.573 e. The van der Waals surface area contributed by atoms with Crippen molar-refractivity contribution in [2.45, 2.75) is 24.7 Å². The van der Waals surface area contributed by atoms with E-state index in [0.717, 1.165) is 39.1 Å². The van der Waals surface area contributed by atoms with Gasteiger partial charge in [0.15, 0.2) is 5.13 Å². The summed E-state index contributed by atoms with van der Waals surface area (Å²) in [4.78, 5) is 32.2. The molecule has 1 amide bonds. The molecule has 0 aliphatic carbocycles. The van der Waals surface area contributed by atoms with Crippen molar-refractivity contribution in [3.63, 3.8) is 0 Å². The number of H-pyrrole nitrogens is 1. The Morgan fingerprint density at radius 3 is 2.59 bits per heavy atom. The first kappa shape index (κ1) is 29.2. The van der Waals surface area contributed by atoms with Gasteiger partial charge in [0.05, 0.1) is 16.3 Å². The van der Waals surface area contributed by atoms with E-state index in [9.17, 15) is 31.2 Å². The number of halogens is 4. The second kappa shape index (κ2) is 11.6. The van der Waals surface area contributed by atoms with Crippen molar-refractivity contribution in [2.75, 3.05) is 24.5 Å². The standard InChI is InChI=1S/C23H20ClF3N6O5S3/c24-18-6-5-15(39-18)12-41(36,37)33-8-7-32(22-30-16-10-29-31-21(35)19(16)40-22)11-17(33)20(34)28-9-13-1-3-14(4-2-13)38-23(25,26)27/h1-6,10,17H,7-9,11-12H2,(H,28,34)(H,31,35)/t17-/m1/s1. The van der Waals surface area contributed by atoms with E-state index < -0.39 is 39.6 Å². The number of hydrogen-bond acceptors (Lipinski definition) is 10. The molecule has 218 valence electrons. The summed E-state index contributed by atoms with van der Waals surface area (Å²) >= 11 is 8.19. The quantitative estimate of drug-likeness (QED) is 0.297. The van der Waals surface area contributed by atoms with E-state index in [-0.39, 0.29) is 31.9 Å². The zero-order valence-electron chi connectivity index (χ0n) is 20.7. The summed E-state index contributed by atoms with van der Waals surface area (Å²) in [6.45, 7) is 0.0472. The summed E-state index contributed by atoms with van der Waals surface area (Å²) in [7, 11) is -3.97. The van der Waals surface area contributed by atoms with Crippen LogP contribution in [-0.2, 0) is 27.1 Å². The number of alkyl halides is 3. The van der Waals surface area contributed by atoms with Crippen molar-refractivity contribution in [1.29, 1.82) is 0 Å². The number of sulfonamides is 1. The minimum Gasteiger partial charge on any atom is -0.406 e. The highest BCUT2D eigenvalue weighted by atomic mass is 35.5. The van der Waals surface area contributed by atoms with Crippen molar-refractivity contribution < 1.29 is 31.1 Å². The molecule has 4 aromatic rings. The van der Waals surface area contributed by atoms with Crippen molar-refractivity contribution >= 4 is 65.6 Å². The molecule has 5 rings (SSSR count). The Balaban J connectivity index is 1.36. The Bertz CT molecular complexity index is 1720. The molecular formula is C23H20ClF3N6O5S3. The van der Waals surface area contributed by atoms with Crippen molar-refractivity contribution in [3.05, 3.63) is 67.7 Å². The van der Waals surface area contributed by atoms with Crippen molar-refractivity contribution in [1.82, 2.24) is 24.8 Å². The van der Waals surface area contributed by atoms with E-state index in [0.29, 0.717) is 30.1 Å². The molecule has 0 unspecified atom stereocenters. The number of thiazole rings is 1. The number of thiophene rings is 1. The van der Waals surface area contributed by atoms with E-state index in [4.69, 9.17) is 11.6 Å². The fraction of sp³-hybridized carbons (Fsp3) is 0.304. The Hall–Kier alpha value is -3.25. The van der Waals surface area contributed by atoms with Crippen LogP contribution in [0.2, 0.25) is 4.34 Å². The molecule has 0 spiro atoms. The number of hydrogen-bond donors (Lipinski definition) is 2. The predicted octanol–water partition coefficient (Wildman–Crippen LogP) is 3.33. The molecule has 1 atom stereocenters. The van der Waals surface area contributed by atoms with Gasteiger partial charge in [0.25, 0.3) is 5.56 Å². The van der Waals surface area contributed by atoms with Crippen LogP contribution in [0.5, 0.6) is 5.75 Å². The number of carbonyl (C=O) groups is 1. The van der Waals surface area contributed by atoms with Gasteiger partial charge in [-0.2, -0.15) is 9.40 Å². The van der Waals surface area contributed by atoms with Crippen molar-refractivity contribution in [2.24, 2.45) is 0 Å². The first-order valence-electron chi connectivity index (χ1n) is 11.8. The number of nitrogens with one attached hydrogen (secondary N) is 2. The van der Waals surface area contributed by atoms with Crippen LogP contribution >= 0.6 is 34.3 Å². The second-order valence-corrected chi connectivity index (χ2v) is 13.6. The van der Waals surface area contributed by atoms with Crippen LogP contribution in [0.15, 0.2) is 47.4 Å². The summed E-state index contributed by atoms with van der Waals surface area (Å²) in [5.74, 6) is -1.37. The molecule has 4 heterocycles. The van der Waals surface area contributed by atoms with Crippen LogP contribution in [0.25, 0.3) is 10.2 Å². The van der Waals surface area contributed by atoms with Gasteiger partial charge in [-0.1, -0.05) is 35.1 Å². The van der Waals surface area contributed by atoms with Gasteiger partial charge in [0.2, 0.25) is 15.9 Å². The normalized spacial score (nSPS) is 16.7. The molecule has 2 N–H and O–H groups in total. The molecular weight excluding hydrogens is 629 g/mol. The molecule has 1 aliphatic rings. The third-order valence-corrected chi connectivity index (χ3v) is 10.4. The average molecular weight is 649 g/mol. The lowest BCUT2D eigenvalue weighted by atomic mass is 10.1. The lowest BCUT2D eigenvalue weighted by Crippen LogP contribution is -2.60. The molecule has 3 aromatic heterocycles. The highest BCUT2D eigenvalue weighted by Crippen LogP contribution is 2.30. The SMILES string of the molecule is O=C(NCc1ccc(OC(F)(F)F)cc1)[C@H]1CN(c2nc3cn[nH]c(=O)c3s2)CCN1S(=O)(=O)Cc1ccc(Cl)s1. The van der Waals surface area contributed by atoms with Gasteiger partial charge in [-0.3, -0.25) is 9.59 Å². The number of piperazine rings is 1. The Morgan fingerprint density at radius 2 is 1.93 bits per heavy atom. The van der Waals surface area contributed by atoms with Crippen LogP contribution in [0, 0.1) is 0 Å². The van der Waals surface area contributed by atoms with Gasteiger partial charge in [0.1, 0.15) is 22.0 Å². The Labute approximate surface area is 243 Å². The maximum absolute atomic E-state index is 13.5. The van der Waals surface area contributed by atoms with Gasteiger partial charge in [-0.05, 0) is 29.8 Å². The number of ether oxygens (including phenoxy) is 1. The minimum absolute atomic E-state index is 0.0342. The molecule has 11 nitrogen and oxygen atoms in total. The summed E-state index contributed by atoms with van der Waals surface area (Å²) in [5, 5.41) is 9.19. The van der Waals surface area contributed by atoms with Gasteiger partial charge in [0, 0.05) is 31.1 Å². The van der Waals surface area contributed by atoms with Crippen LogP contribution < -0.4 is 20.5 Å². The molecule has 1 aliphatic heterocycles. The number of amides is 1. The number of carbonyl (C=O) groups excluding carboxylic acids is 1. The predicted molar refractivity (Wildman–Crippen MR) is 148 cm³/mol. The van der Waals surface area contributed by atoms with E-state index in [1.54, 1.807) is 17.0 Å². The fourth-order valence-electron chi connectivity index (χ4n) is 4.20. The molecule has 0 radical (unpaired) electrons. The molecule has 1 aromatic carbocycles. The molecule has 1 fully saturated rings. The van der Waals surface area contributed by atoms with Gasteiger partial charge < -0.3 is 15.0 Å². The fourth-order valence-corrected chi connectivity index (χ4v) is 8.26. The highest BCUT2D eigenvalue weighted by Gasteiger charge is 2.40. The molecule has 1 saturated heterocycles. The summed E-state index contributed by atoms with van der Waals surface area (Å²) in [6, 6.07) is 6.98. The number of fused-ring (bicyclic) bond motifs is 1. The minimum atomic E-state index is -4.83. The van der Waals surface area contributed by atoms with Crippen LogP contribution in [0.1, 0.15) is 10.4 Å². The van der Waals surface area contributed by atoms with Crippen LogP contribution in [0.3, 0.4) is 0 Å². The molecule has 41 heavy (non-hydrogen) atoms. The van der Waals surface area contributed by atoms with Gasteiger partial charge >= 0.3 is 6.36 Å². The van der Waals surface area contributed by atoms with E-state index in [1.165, 1.54) is 18.3 Å². The van der Waals surface area contributed by atoms with E-state index >= 15 is 0 Å². The maximum atomic E-state index is 13.5. The average Bonchev–Trinajstić information content (AvgIpc) is 3.53. The highest BCUT2D eigenvalue weighted by molar-refractivity contribution is 7.88. The smallest absolute Gasteiger partial charge is 0.406 e. The zero-order valence-corrected chi connectivity index (χ0v) is 23.9. The molecule has 0 bridgehead atoms. The van der Waals surface area contributed by atoms with E-state index in [2.05, 4.69) is 25.2 Å². The third-order valence-electron chi connectivity index (χ3n) is 6.04. The van der Waals surface area contributed by atoms with Gasteiger partial charge in [-0.25, -0.2) is 18.5 Å². The number of aromatic amines is 1. The summed E-state index contributed by atoms with van der Waals surface area (Å²) in [5.41, 5.74) is 0.432.